The smallest absolute Gasteiger partial charge is 0.0181 e. The van der Waals surface area contributed by atoms with Crippen LogP contribution in [-0.4, -0.2) is 5.75 Å². The second-order valence-electron chi connectivity index (χ2n) is 2.41. The standard InChI is InChI=1S/C9H13NS/c1-2-8-11(10)9-6-4-3-5-7-9/h3-7,10H,2,8H2,1H3. The Labute approximate surface area is 70.3 Å². The van der Waals surface area contributed by atoms with Crippen LogP contribution < -0.4 is 0 Å². The van der Waals surface area contributed by atoms with E-state index in [1.54, 1.807) is 0 Å². The Hall–Kier alpha value is -0.630. The van der Waals surface area contributed by atoms with Gasteiger partial charge in [0.2, 0.25) is 0 Å². The van der Waals surface area contributed by atoms with E-state index in [9.17, 15) is 0 Å². The van der Waals surface area contributed by atoms with Crippen LogP contribution in [0.1, 0.15) is 13.3 Å². The molecule has 0 fully saturated rings. The van der Waals surface area contributed by atoms with Gasteiger partial charge in [0.05, 0.1) is 0 Å². The Bertz CT molecular complexity index is 231. The Morgan fingerprint density at radius 2 is 1.91 bits per heavy atom. The molecule has 1 nitrogen and oxygen atoms in total. The van der Waals surface area contributed by atoms with Crippen LogP contribution in [0.4, 0.5) is 0 Å². The second-order valence-corrected chi connectivity index (χ2v) is 4.07. The van der Waals surface area contributed by atoms with Crippen molar-refractivity contribution in [1.82, 2.24) is 0 Å². The van der Waals surface area contributed by atoms with Gasteiger partial charge in [0.15, 0.2) is 0 Å². The van der Waals surface area contributed by atoms with E-state index in [0.29, 0.717) is 0 Å². The van der Waals surface area contributed by atoms with E-state index in [-0.39, 0.29) is 10.7 Å². The maximum atomic E-state index is 7.74. The molecule has 0 aliphatic heterocycles. The third kappa shape index (κ3) is 2.46. The quantitative estimate of drug-likeness (QED) is 0.715. The molecule has 1 rings (SSSR count). The lowest BCUT2D eigenvalue weighted by atomic mass is 10.4. The normalized spacial score (nSPS) is 12.8. The van der Waals surface area contributed by atoms with Crippen molar-refractivity contribution in [3.05, 3.63) is 30.3 Å². The number of hydrogen-bond donors (Lipinski definition) is 1. The highest BCUT2D eigenvalue weighted by Gasteiger charge is 1.94. The van der Waals surface area contributed by atoms with Gasteiger partial charge in [0.25, 0.3) is 0 Å². The van der Waals surface area contributed by atoms with Crippen molar-refractivity contribution in [3.8, 4) is 0 Å². The first kappa shape index (κ1) is 8.47. The highest BCUT2D eigenvalue weighted by Crippen LogP contribution is 2.06. The molecule has 1 aromatic rings. The van der Waals surface area contributed by atoms with Crippen molar-refractivity contribution in [1.29, 1.82) is 4.78 Å². The maximum absolute atomic E-state index is 7.74. The van der Waals surface area contributed by atoms with Crippen LogP contribution in [0, 0.1) is 4.78 Å². The van der Waals surface area contributed by atoms with Crippen molar-refractivity contribution in [2.45, 2.75) is 18.2 Å². The van der Waals surface area contributed by atoms with E-state index < -0.39 is 0 Å². The van der Waals surface area contributed by atoms with E-state index in [2.05, 4.69) is 6.92 Å². The van der Waals surface area contributed by atoms with Crippen LogP contribution in [0.3, 0.4) is 0 Å². The Morgan fingerprint density at radius 1 is 1.27 bits per heavy atom. The second kappa shape index (κ2) is 4.29. The maximum Gasteiger partial charge on any atom is 0.0181 e. The lowest BCUT2D eigenvalue weighted by molar-refractivity contribution is 1.09. The molecule has 1 N–H and O–H groups in total. The van der Waals surface area contributed by atoms with E-state index in [0.717, 1.165) is 17.1 Å². The summed E-state index contributed by atoms with van der Waals surface area (Å²) in [4.78, 5) is 1.16. The molecule has 0 radical (unpaired) electrons. The van der Waals surface area contributed by atoms with Crippen LogP contribution >= 0.6 is 0 Å². The summed E-state index contributed by atoms with van der Waals surface area (Å²) < 4.78 is 7.74. The molecule has 1 unspecified atom stereocenters. The zero-order chi connectivity index (χ0) is 8.10. The molecule has 0 aromatic heterocycles. The number of benzene rings is 1. The van der Waals surface area contributed by atoms with Crippen molar-refractivity contribution >= 4 is 10.7 Å². The minimum atomic E-state index is -0.283. The Kier molecular flexibility index (Phi) is 3.30. The van der Waals surface area contributed by atoms with E-state index in [1.807, 2.05) is 30.3 Å². The summed E-state index contributed by atoms with van der Waals surface area (Å²) in [5.74, 6) is 0.990. The summed E-state index contributed by atoms with van der Waals surface area (Å²) in [7, 11) is -0.283. The van der Waals surface area contributed by atoms with Gasteiger partial charge in [-0.2, -0.15) is 0 Å². The first-order chi connectivity index (χ1) is 5.34. The molecule has 0 heterocycles. The molecular formula is C9H13NS. The van der Waals surface area contributed by atoms with Crippen molar-refractivity contribution in [2.75, 3.05) is 5.75 Å². The molecule has 2 heteroatoms. The molecule has 11 heavy (non-hydrogen) atoms. The molecule has 1 atom stereocenters. The zero-order valence-corrected chi connectivity index (χ0v) is 7.53. The summed E-state index contributed by atoms with van der Waals surface area (Å²) in [5, 5.41) is 0. The van der Waals surface area contributed by atoms with Gasteiger partial charge < -0.3 is 0 Å². The molecule has 0 aliphatic rings. The lowest BCUT2D eigenvalue weighted by Gasteiger charge is -2.01. The fourth-order valence-corrected chi connectivity index (χ4v) is 2.04. The van der Waals surface area contributed by atoms with Crippen LogP contribution in [0.2, 0.25) is 0 Å². The average molecular weight is 167 g/mol. The molecule has 0 bridgehead atoms. The largest absolute Gasteiger partial charge is 0.276 e. The Balaban J connectivity index is 2.69. The van der Waals surface area contributed by atoms with E-state index in [1.165, 1.54) is 0 Å². The van der Waals surface area contributed by atoms with Gasteiger partial charge in [-0.25, -0.2) is 0 Å². The summed E-state index contributed by atoms with van der Waals surface area (Å²) in [6.45, 7) is 2.12. The molecule has 60 valence electrons. The van der Waals surface area contributed by atoms with E-state index in [4.69, 9.17) is 4.78 Å². The summed E-state index contributed by atoms with van der Waals surface area (Å²) in [6, 6.07) is 10.1. The molecular weight excluding hydrogens is 154 g/mol. The highest BCUT2D eigenvalue weighted by molar-refractivity contribution is 7.86. The lowest BCUT2D eigenvalue weighted by Crippen LogP contribution is -1.93. The van der Waals surface area contributed by atoms with Gasteiger partial charge in [0.1, 0.15) is 0 Å². The summed E-state index contributed by atoms with van der Waals surface area (Å²) >= 11 is 0. The van der Waals surface area contributed by atoms with Gasteiger partial charge >= 0.3 is 0 Å². The van der Waals surface area contributed by atoms with Crippen LogP contribution in [-0.2, 0) is 10.7 Å². The summed E-state index contributed by atoms with van der Waals surface area (Å²) in [6.07, 6.45) is 1.10. The Morgan fingerprint density at radius 3 is 2.45 bits per heavy atom. The summed E-state index contributed by atoms with van der Waals surface area (Å²) in [5.41, 5.74) is 0. The van der Waals surface area contributed by atoms with Crippen LogP contribution in [0.15, 0.2) is 35.2 Å². The van der Waals surface area contributed by atoms with Crippen LogP contribution in [0.25, 0.3) is 0 Å². The number of hydrogen-bond acceptors (Lipinski definition) is 1. The first-order valence-electron chi connectivity index (χ1n) is 3.81. The zero-order valence-electron chi connectivity index (χ0n) is 6.71. The van der Waals surface area contributed by atoms with Gasteiger partial charge in [-0.05, 0) is 18.6 Å². The molecule has 0 spiro atoms. The number of rotatable bonds is 3. The minimum absolute atomic E-state index is 0.283. The predicted octanol–water partition coefficient (Wildman–Crippen LogP) is 2.84. The fourth-order valence-electron chi connectivity index (χ4n) is 0.907. The topological polar surface area (TPSA) is 23.9 Å². The minimum Gasteiger partial charge on any atom is -0.276 e. The van der Waals surface area contributed by atoms with E-state index >= 15 is 0 Å². The van der Waals surface area contributed by atoms with Gasteiger partial charge in [-0.1, -0.05) is 35.8 Å². The third-order valence-corrected chi connectivity index (χ3v) is 3.09. The third-order valence-electron chi connectivity index (χ3n) is 1.44. The predicted molar refractivity (Wildman–Crippen MR) is 50.0 cm³/mol. The van der Waals surface area contributed by atoms with Crippen molar-refractivity contribution in [3.63, 3.8) is 0 Å². The molecule has 0 aliphatic carbocycles. The van der Waals surface area contributed by atoms with Crippen LogP contribution in [0.5, 0.6) is 0 Å². The van der Waals surface area contributed by atoms with Crippen molar-refractivity contribution < 1.29 is 0 Å². The fraction of sp³-hybridized carbons (Fsp3) is 0.333. The van der Waals surface area contributed by atoms with Gasteiger partial charge in [-0.3, -0.25) is 4.78 Å². The number of nitrogens with one attached hydrogen (secondary N) is 1. The van der Waals surface area contributed by atoms with Gasteiger partial charge in [0, 0.05) is 10.6 Å². The van der Waals surface area contributed by atoms with Gasteiger partial charge in [-0.15, -0.1) is 0 Å². The average Bonchev–Trinajstić information content (AvgIpc) is 2.07. The monoisotopic (exact) mass is 167 g/mol. The van der Waals surface area contributed by atoms with Crippen molar-refractivity contribution in [2.24, 2.45) is 0 Å². The molecule has 0 amide bonds. The highest BCUT2D eigenvalue weighted by atomic mass is 32.2. The molecule has 0 saturated carbocycles. The molecule has 0 saturated heterocycles. The SMILES string of the molecule is CCCS(=N)c1ccccc1. The first-order valence-corrected chi connectivity index (χ1v) is 5.21. The molecule has 1 aromatic carbocycles.